The second-order valence-electron chi connectivity index (χ2n) is 2.88. The Labute approximate surface area is 78.8 Å². The van der Waals surface area contributed by atoms with E-state index < -0.39 is 5.51 Å². The summed E-state index contributed by atoms with van der Waals surface area (Å²) in [5.74, 6) is 0.815. The number of thioether (sulfide) groups is 1. The highest BCUT2D eigenvalue weighted by Gasteiger charge is 2.28. The lowest BCUT2D eigenvalue weighted by molar-refractivity contribution is -0.0327. The standard InChI is InChI=1S/C7H11F3N2S/c8-7(9,10)13-4-3-12-6(11)5-1-2-5/h5H,1-4H2,(H2,11,12). The van der Waals surface area contributed by atoms with E-state index in [1.807, 2.05) is 0 Å². The minimum absolute atomic E-state index is 0.0447. The average molecular weight is 212 g/mol. The van der Waals surface area contributed by atoms with E-state index in [1.54, 1.807) is 0 Å². The first kappa shape index (κ1) is 10.7. The zero-order valence-electron chi connectivity index (χ0n) is 6.97. The molecule has 1 aliphatic carbocycles. The molecule has 13 heavy (non-hydrogen) atoms. The van der Waals surface area contributed by atoms with Crippen LogP contribution in [0.15, 0.2) is 4.99 Å². The Morgan fingerprint density at radius 1 is 1.46 bits per heavy atom. The van der Waals surface area contributed by atoms with Crippen LogP contribution in [0.4, 0.5) is 13.2 Å². The molecule has 0 aromatic carbocycles. The van der Waals surface area contributed by atoms with Crippen LogP contribution < -0.4 is 5.73 Å². The summed E-state index contributed by atoms with van der Waals surface area (Å²) in [4.78, 5) is 3.86. The lowest BCUT2D eigenvalue weighted by atomic mass is 10.4. The van der Waals surface area contributed by atoms with E-state index in [-0.39, 0.29) is 24.1 Å². The lowest BCUT2D eigenvalue weighted by Gasteiger charge is -2.03. The van der Waals surface area contributed by atoms with Gasteiger partial charge in [0.25, 0.3) is 0 Å². The minimum atomic E-state index is -4.15. The molecular weight excluding hydrogens is 201 g/mol. The molecule has 1 fully saturated rings. The van der Waals surface area contributed by atoms with Crippen LogP contribution in [0.25, 0.3) is 0 Å². The summed E-state index contributed by atoms with van der Waals surface area (Å²) in [6.07, 6.45) is 2.06. The van der Waals surface area contributed by atoms with Gasteiger partial charge in [0.2, 0.25) is 0 Å². The Bertz CT molecular complexity index is 198. The number of nitrogens with two attached hydrogens (primary N) is 1. The van der Waals surface area contributed by atoms with Crippen molar-refractivity contribution in [2.75, 3.05) is 12.3 Å². The van der Waals surface area contributed by atoms with Crippen molar-refractivity contribution in [3.63, 3.8) is 0 Å². The normalized spacial score (nSPS) is 19.2. The van der Waals surface area contributed by atoms with Crippen molar-refractivity contribution < 1.29 is 13.2 Å². The first-order chi connectivity index (χ1) is 5.99. The van der Waals surface area contributed by atoms with E-state index in [4.69, 9.17) is 5.73 Å². The summed E-state index contributed by atoms with van der Waals surface area (Å²) < 4.78 is 34.9. The number of hydrogen-bond acceptors (Lipinski definition) is 2. The summed E-state index contributed by atoms with van der Waals surface area (Å²) in [5.41, 5.74) is 1.34. The molecule has 1 aliphatic rings. The molecule has 0 unspecified atom stereocenters. The number of alkyl halides is 3. The molecule has 76 valence electrons. The molecule has 1 rings (SSSR count). The predicted octanol–water partition coefficient (Wildman–Crippen LogP) is 2.01. The molecule has 0 heterocycles. The molecule has 2 N–H and O–H groups in total. The highest BCUT2D eigenvalue weighted by molar-refractivity contribution is 8.00. The second-order valence-corrected chi connectivity index (χ2v) is 4.03. The van der Waals surface area contributed by atoms with Gasteiger partial charge in [-0.05, 0) is 24.6 Å². The molecule has 0 aliphatic heterocycles. The maximum Gasteiger partial charge on any atom is 0.441 e. The van der Waals surface area contributed by atoms with Crippen molar-refractivity contribution in [1.82, 2.24) is 0 Å². The fourth-order valence-electron chi connectivity index (χ4n) is 0.844. The summed E-state index contributed by atoms with van der Waals surface area (Å²) in [7, 11) is 0. The van der Waals surface area contributed by atoms with Crippen molar-refractivity contribution in [3.05, 3.63) is 0 Å². The highest BCUT2D eigenvalue weighted by atomic mass is 32.2. The zero-order valence-corrected chi connectivity index (χ0v) is 7.79. The summed E-state index contributed by atoms with van der Waals surface area (Å²) in [6, 6.07) is 0. The number of rotatable bonds is 4. The topological polar surface area (TPSA) is 38.4 Å². The molecular formula is C7H11F3N2S. The summed E-state index contributed by atoms with van der Waals surface area (Å²) in [6.45, 7) is 0.159. The van der Waals surface area contributed by atoms with E-state index in [1.165, 1.54) is 0 Å². The molecule has 1 saturated carbocycles. The number of hydrogen-bond donors (Lipinski definition) is 1. The van der Waals surface area contributed by atoms with Crippen LogP contribution in [0.2, 0.25) is 0 Å². The van der Waals surface area contributed by atoms with Gasteiger partial charge in [-0.1, -0.05) is 0 Å². The van der Waals surface area contributed by atoms with E-state index in [0.717, 1.165) is 12.8 Å². The fourth-order valence-corrected chi connectivity index (χ4v) is 1.26. The summed E-state index contributed by atoms with van der Waals surface area (Å²) in [5, 5.41) is 0. The Kier molecular flexibility index (Phi) is 3.47. The van der Waals surface area contributed by atoms with Crippen LogP contribution in [0, 0.1) is 5.92 Å². The number of halogens is 3. The van der Waals surface area contributed by atoms with Crippen molar-refractivity contribution in [2.45, 2.75) is 18.3 Å². The van der Waals surface area contributed by atoms with Crippen LogP contribution in [-0.4, -0.2) is 23.6 Å². The number of aliphatic imine (C=N–C) groups is 1. The quantitative estimate of drug-likeness (QED) is 0.440. The van der Waals surface area contributed by atoms with Crippen LogP contribution >= 0.6 is 11.8 Å². The van der Waals surface area contributed by atoms with Crippen molar-refractivity contribution in [2.24, 2.45) is 16.6 Å². The van der Waals surface area contributed by atoms with Crippen molar-refractivity contribution in [3.8, 4) is 0 Å². The van der Waals surface area contributed by atoms with Gasteiger partial charge in [0.15, 0.2) is 0 Å². The first-order valence-electron chi connectivity index (χ1n) is 3.99. The van der Waals surface area contributed by atoms with Gasteiger partial charge in [-0.3, -0.25) is 4.99 Å². The van der Waals surface area contributed by atoms with Gasteiger partial charge in [-0.25, -0.2) is 0 Å². The van der Waals surface area contributed by atoms with E-state index in [2.05, 4.69) is 4.99 Å². The van der Waals surface area contributed by atoms with Crippen LogP contribution in [0.1, 0.15) is 12.8 Å². The predicted molar refractivity (Wildman–Crippen MR) is 47.7 cm³/mol. The van der Waals surface area contributed by atoms with Gasteiger partial charge >= 0.3 is 5.51 Å². The summed E-state index contributed by atoms with van der Waals surface area (Å²) >= 11 is -0.0550. The fraction of sp³-hybridized carbons (Fsp3) is 0.857. The molecule has 2 nitrogen and oxygen atoms in total. The molecule has 0 aromatic heterocycles. The van der Waals surface area contributed by atoms with Crippen LogP contribution in [0.5, 0.6) is 0 Å². The smallest absolute Gasteiger partial charge is 0.387 e. The molecule has 0 aromatic rings. The maximum atomic E-state index is 11.6. The third-order valence-corrected chi connectivity index (χ3v) is 2.36. The van der Waals surface area contributed by atoms with E-state index in [0.29, 0.717) is 11.8 Å². The third kappa shape index (κ3) is 5.02. The lowest BCUT2D eigenvalue weighted by Crippen LogP contribution is -2.15. The first-order valence-corrected chi connectivity index (χ1v) is 4.98. The highest BCUT2D eigenvalue weighted by Crippen LogP contribution is 2.30. The Morgan fingerprint density at radius 3 is 2.54 bits per heavy atom. The Hall–Kier alpha value is -0.390. The average Bonchev–Trinajstić information content (AvgIpc) is 2.77. The SMILES string of the molecule is NC(=NCCSC(F)(F)F)C1CC1. The van der Waals surface area contributed by atoms with Gasteiger partial charge in [-0.15, -0.1) is 0 Å². The molecule has 0 saturated heterocycles. The maximum absolute atomic E-state index is 11.6. The van der Waals surface area contributed by atoms with Gasteiger partial charge in [-0.2, -0.15) is 13.2 Å². The van der Waals surface area contributed by atoms with Crippen LogP contribution in [-0.2, 0) is 0 Å². The molecule has 0 bridgehead atoms. The molecule has 0 amide bonds. The minimum Gasteiger partial charge on any atom is -0.387 e. The monoisotopic (exact) mass is 212 g/mol. The molecule has 0 atom stereocenters. The number of nitrogens with zero attached hydrogens (tertiary/aromatic N) is 1. The number of amidine groups is 1. The largest absolute Gasteiger partial charge is 0.441 e. The molecule has 6 heteroatoms. The molecule has 0 radical (unpaired) electrons. The van der Waals surface area contributed by atoms with Crippen molar-refractivity contribution in [1.29, 1.82) is 0 Å². The van der Waals surface area contributed by atoms with E-state index in [9.17, 15) is 13.2 Å². The Balaban J connectivity index is 2.09. The van der Waals surface area contributed by atoms with Gasteiger partial charge in [0, 0.05) is 11.7 Å². The van der Waals surface area contributed by atoms with Gasteiger partial charge in [0.05, 0.1) is 12.4 Å². The van der Waals surface area contributed by atoms with E-state index >= 15 is 0 Å². The second kappa shape index (κ2) is 4.21. The van der Waals surface area contributed by atoms with Gasteiger partial charge < -0.3 is 5.73 Å². The third-order valence-electron chi connectivity index (χ3n) is 1.65. The van der Waals surface area contributed by atoms with Gasteiger partial charge in [0.1, 0.15) is 0 Å². The zero-order chi connectivity index (χ0) is 9.90. The molecule has 0 spiro atoms. The van der Waals surface area contributed by atoms with Crippen LogP contribution in [0.3, 0.4) is 0 Å². The van der Waals surface area contributed by atoms with Crippen molar-refractivity contribution >= 4 is 17.6 Å². The Morgan fingerprint density at radius 2 is 2.08 bits per heavy atom.